The molecule has 1 N–H and O–H groups in total. The monoisotopic (exact) mass is 401 g/mol. The van der Waals surface area contributed by atoms with E-state index in [4.69, 9.17) is 16.0 Å². The molecule has 7 nitrogen and oxygen atoms in total. The highest BCUT2D eigenvalue weighted by atomic mass is 35.5. The first kappa shape index (κ1) is 17.4. The molecule has 0 fully saturated rings. The van der Waals surface area contributed by atoms with Crippen LogP contribution in [0.1, 0.15) is 27.2 Å². The van der Waals surface area contributed by atoms with Crippen molar-refractivity contribution < 1.29 is 19.1 Å². The van der Waals surface area contributed by atoms with Crippen LogP contribution in [0.2, 0.25) is 5.02 Å². The Morgan fingerprint density at radius 2 is 2.00 bits per heavy atom. The largest absolute Gasteiger partial charge is 0.503 e. The molecule has 0 spiro atoms. The highest BCUT2D eigenvalue weighted by Crippen LogP contribution is 2.42. The van der Waals surface area contributed by atoms with E-state index in [1.807, 2.05) is 0 Å². The summed E-state index contributed by atoms with van der Waals surface area (Å²) in [5, 5.41) is 19.9. The minimum atomic E-state index is -0.875. The average molecular weight is 402 g/mol. The van der Waals surface area contributed by atoms with Crippen LogP contribution >= 0.6 is 22.9 Å². The Hall–Kier alpha value is -2.97. The molecule has 3 aromatic rings. The van der Waals surface area contributed by atoms with Crippen LogP contribution in [0.15, 0.2) is 58.4 Å². The molecule has 27 heavy (non-hydrogen) atoms. The summed E-state index contributed by atoms with van der Waals surface area (Å²) in [7, 11) is 0. The van der Waals surface area contributed by atoms with Gasteiger partial charge in [0.25, 0.3) is 5.91 Å². The van der Waals surface area contributed by atoms with E-state index in [2.05, 4.69) is 10.2 Å². The highest BCUT2D eigenvalue weighted by Gasteiger charge is 2.46. The highest BCUT2D eigenvalue weighted by molar-refractivity contribution is 7.15. The molecular weight excluding hydrogens is 390 g/mol. The average Bonchev–Trinajstić information content (AvgIpc) is 3.37. The molecule has 3 heterocycles. The molecule has 9 heteroatoms. The maximum atomic E-state index is 12.9. The zero-order valence-electron chi connectivity index (χ0n) is 13.9. The van der Waals surface area contributed by atoms with Crippen molar-refractivity contribution in [3.8, 4) is 0 Å². The fourth-order valence-electron chi connectivity index (χ4n) is 2.92. The van der Waals surface area contributed by atoms with Crippen molar-refractivity contribution in [3.05, 3.63) is 75.3 Å². The van der Waals surface area contributed by atoms with E-state index in [9.17, 15) is 14.7 Å². The number of halogens is 1. The van der Waals surface area contributed by atoms with Crippen molar-refractivity contribution in [2.45, 2.75) is 13.0 Å². The molecule has 0 unspecified atom stereocenters. The van der Waals surface area contributed by atoms with Gasteiger partial charge in [-0.3, -0.25) is 14.5 Å². The molecule has 0 saturated carbocycles. The minimum Gasteiger partial charge on any atom is -0.503 e. The second-order valence-electron chi connectivity index (χ2n) is 5.80. The number of carbonyl (C=O) groups is 2. The van der Waals surface area contributed by atoms with Gasteiger partial charge in [0, 0.05) is 5.02 Å². The van der Waals surface area contributed by atoms with E-state index < -0.39 is 23.5 Å². The number of anilines is 1. The normalized spacial score (nSPS) is 17.0. The van der Waals surface area contributed by atoms with Gasteiger partial charge in [-0.1, -0.05) is 35.1 Å². The van der Waals surface area contributed by atoms with E-state index in [-0.39, 0.29) is 16.5 Å². The van der Waals surface area contributed by atoms with Crippen molar-refractivity contribution in [1.82, 2.24) is 10.2 Å². The van der Waals surface area contributed by atoms with Crippen molar-refractivity contribution in [3.63, 3.8) is 0 Å². The van der Waals surface area contributed by atoms with Gasteiger partial charge in [0.05, 0.1) is 17.9 Å². The zero-order chi connectivity index (χ0) is 19.1. The third kappa shape index (κ3) is 2.92. The van der Waals surface area contributed by atoms with Gasteiger partial charge in [-0.15, -0.1) is 10.2 Å². The molecule has 0 saturated heterocycles. The first-order valence-corrected chi connectivity index (χ1v) is 9.07. The number of ketones is 1. The van der Waals surface area contributed by atoms with Crippen molar-refractivity contribution >= 4 is 39.8 Å². The summed E-state index contributed by atoms with van der Waals surface area (Å²) in [4.78, 5) is 27.0. The number of hydrogen-bond acceptors (Lipinski definition) is 7. The van der Waals surface area contributed by atoms with E-state index in [0.29, 0.717) is 15.6 Å². The quantitative estimate of drug-likeness (QED) is 0.666. The molecule has 0 aliphatic carbocycles. The van der Waals surface area contributed by atoms with E-state index >= 15 is 0 Å². The molecule has 1 aromatic carbocycles. The fourth-order valence-corrected chi connectivity index (χ4v) is 3.76. The summed E-state index contributed by atoms with van der Waals surface area (Å²) >= 11 is 7.16. The standard InChI is InChI=1S/C18H12ClN3O4S/c1-9-20-21-18(27-9)22-14(10-4-6-11(19)7-5-10)13(16(24)17(22)25)15(23)12-3-2-8-26-12/h2-8,14,24H,1H3/t14-/m0/s1. The molecule has 1 atom stereocenters. The summed E-state index contributed by atoms with van der Waals surface area (Å²) in [6.07, 6.45) is 1.35. The van der Waals surface area contributed by atoms with Crippen LogP contribution in [0.5, 0.6) is 0 Å². The third-order valence-corrected chi connectivity index (χ3v) is 5.19. The third-order valence-electron chi connectivity index (χ3n) is 4.10. The number of hydrogen-bond donors (Lipinski definition) is 1. The van der Waals surface area contributed by atoms with Gasteiger partial charge in [-0.25, -0.2) is 0 Å². The fraction of sp³-hybridized carbons (Fsp3) is 0.111. The number of aromatic nitrogens is 2. The van der Waals surface area contributed by atoms with Crippen LogP contribution in [0.4, 0.5) is 5.13 Å². The van der Waals surface area contributed by atoms with Crippen molar-refractivity contribution in [2.75, 3.05) is 4.90 Å². The number of furan rings is 1. The van der Waals surface area contributed by atoms with Crippen LogP contribution in [-0.4, -0.2) is 27.0 Å². The van der Waals surface area contributed by atoms with Crippen molar-refractivity contribution in [1.29, 1.82) is 0 Å². The summed E-state index contributed by atoms with van der Waals surface area (Å²) < 4.78 is 5.17. The van der Waals surface area contributed by atoms with Crippen LogP contribution in [0, 0.1) is 6.92 Å². The number of rotatable bonds is 4. The lowest BCUT2D eigenvalue weighted by atomic mass is 9.95. The number of aliphatic hydroxyl groups excluding tert-OH is 1. The first-order valence-electron chi connectivity index (χ1n) is 7.88. The van der Waals surface area contributed by atoms with Gasteiger partial charge in [0.2, 0.25) is 10.9 Å². The Labute approximate surface area is 162 Å². The zero-order valence-corrected chi connectivity index (χ0v) is 15.5. The van der Waals surface area contributed by atoms with Gasteiger partial charge < -0.3 is 9.52 Å². The summed E-state index contributed by atoms with van der Waals surface area (Å²) in [5.41, 5.74) is 0.518. The maximum absolute atomic E-state index is 12.9. The lowest BCUT2D eigenvalue weighted by Gasteiger charge is -2.23. The van der Waals surface area contributed by atoms with E-state index in [1.165, 1.54) is 28.6 Å². The van der Waals surface area contributed by atoms with Gasteiger partial charge in [0.15, 0.2) is 11.5 Å². The SMILES string of the molecule is Cc1nnc(N2C(=O)C(O)=C(C(=O)c3ccco3)[C@@H]2c2ccc(Cl)cc2)s1. The number of Topliss-reactive ketones (excluding diaryl/α,β-unsaturated/α-hetero) is 1. The molecule has 136 valence electrons. The summed E-state index contributed by atoms with van der Waals surface area (Å²) in [5.74, 6) is -1.90. The molecule has 0 radical (unpaired) electrons. The molecule has 2 aromatic heterocycles. The first-order chi connectivity index (χ1) is 13.0. The number of carbonyl (C=O) groups excluding carboxylic acids is 2. The number of aliphatic hydroxyl groups is 1. The van der Waals surface area contributed by atoms with Gasteiger partial charge in [-0.05, 0) is 36.8 Å². The molecule has 0 bridgehead atoms. The molecule has 1 aliphatic heterocycles. The molecule has 4 rings (SSSR count). The maximum Gasteiger partial charge on any atom is 0.296 e. The van der Waals surface area contributed by atoms with Crippen LogP contribution < -0.4 is 4.90 Å². The number of amides is 1. The number of aryl methyl sites for hydroxylation is 1. The number of benzene rings is 1. The van der Waals surface area contributed by atoms with E-state index in [0.717, 1.165) is 0 Å². The molecular formula is C18H12ClN3O4S. The van der Waals surface area contributed by atoms with Crippen LogP contribution in [0.3, 0.4) is 0 Å². The van der Waals surface area contributed by atoms with Gasteiger partial charge >= 0.3 is 0 Å². The van der Waals surface area contributed by atoms with Crippen LogP contribution in [-0.2, 0) is 4.79 Å². The Bertz CT molecular complexity index is 1060. The van der Waals surface area contributed by atoms with Gasteiger partial charge in [-0.2, -0.15) is 0 Å². The Morgan fingerprint density at radius 1 is 1.26 bits per heavy atom. The van der Waals surface area contributed by atoms with Crippen molar-refractivity contribution in [2.24, 2.45) is 0 Å². The molecule has 1 aliphatic rings. The second kappa shape index (κ2) is 6.64. The Kier molecular flexibility index (Phi) is 4.29. The van der Waals surface area contributed by atoms with Crippen LogP contribution in [0.25, 0.3) is 0 Å². The molecule has 1 amide bonds. The predicted molar refractivity (Wildman–Crippen MR) is 99.0 cm³/mol. The van der Waals surface area contributed by atoms with Gasteiger partial charge in [0.1, 0.15) is 5.01 Å². The smallest absolute Gasteiger partial charge is 0.296 e. The topological polar surface area (TPSA) is 96.5 Å². The summed E-state index contributed by atoms with van der Waals surface area (Å²) in [6, 6.07) is 8.84. The Morgan fingerprint density at radius 3 is 2.59 bits per heavy atom. The Balaban J connectivity index is 1.88. The number of nitrogens with zero attached hydrogens (tertiary/aromatic N) is 3. The predicted octanol–water partition coefficient (Wildman–Crippen LogP) is 3.88. The lowest BCUT2D eigenvalue weighted by molar-refractivity contribution is -0.117. The minimum absolute atomic E-state index is 0.0265. The summed E-state index contributed by atoms with van der Waals surface area (Å²) in [6.45, 7) is 1.75. The second-order valence-corrected chi connectivity index (χ2v) is 7.40. The lowest BCUT2D eigenvalue weighted by Crippen LogP contribution is -2.31. The van der Waals surface area contributed by atoms with E-state index in [1.54, 1.807) is 37.3 Å².